The van der Waals surface area contributed by atoms with Crippen LogP contribution in [0.1, 0.15) is 36.2 Å². The number of rotatable bonds is 5. The number of carbonyl (C=O) groups is 2. The number of carboxylic acids is 1. The minimum atomic E-state index is -2.52. The van der Waals surface area contributed by atoms with Gasteiger partial charge in [0.25, 0.3) is 12.3 Å². The van der Waals surface area contributed by atoms with Crippen molar-refractivity contribution in [1.82, 2.24) is 9.88 Å². The highest BCUT2D eigenvalue weighted by Crippen LogP contribution is 2.24. The Bertz CT molecular complexity index is 508. The van der Waals surface area contributed by atoms with Crippen LogP contribution in [-0.2, 0) is 11.3 Å². The van der Waals surface area contributed by atoms with Gasteiger partial charge in [-0.3, -0.25) is 9.59 Å². The van der Waals surface area contributed by atoms with Crippen molar-refractivity contribution in [3.05, 3.63) is 24.0 Å². The van der Waals surface area contributed by atoms with E-state index in [9.17, 15) is 18.4 Å². The van der Waals surface area contributed by atoms with E-state index in [-0.39, 0.29) is 23.6 Å². The zero-order chi connectivity index (χ0) is 15.4. The van der Waals surface area contributed by atoms with Crippen molar-refractivity contribution in [3.63, 3.8) is 0 Å². The maximum atomic E-state index is 12.4. The summed E-state index contributed by atoms with van der Waals surface area (Å²) >= 11 is 0. The summed E-state index contributed by atoms with van der Waals surface area (Å²) in [7, 11) is 0. The van der Waals surface area contributed by atoms with Gasteiger partial charge >= 0.3 is 5.97 Å². The number of nitrogens with one attached hydrogen (secondary N) is 1. The lowest BCUT2D eigenvalue weighted by Crippen LogP contribution is -2.39. The first-order valence-corrected chi connectivity index (χ1v) is 6.94. The highest BCUT2D eigenvalue weighted by molar-refractivity contribution is 5.93. The van der Waals surface area contributed by atoms with Gasteiger partial charge in [-0.1, -0.05) is 0 Å². The topological polar surface area (TPSA) is 71.3 Å². The third-order valence-corrected chi connectivity index (χ3v) is 3.81. The van der Waals surface area contributed by atoms with Crippen LogP contribution in [0.15, 0.2) is 18.3 Å². The molecule has 0 spiro atoms. The molecule has 1 aromatic heterocycles. The molecular weight excluding hydrogens is 282 g/mol. The van der Waals surface area contributed by atoms with Gasteiger partial charge in [0.15, 0.2) is 0 Å². The van der Waals surface area contributed by atoms with Crippen LogP contribution in [0.5, 0.6) is 0 Å². The smallest absolute Gasteiger partial charge is 0.306 e. The number of amides is 1. The van der Waals surface area contributed by atoms with Crippen LogP contribution in [0.4, 0.5) is 8.78 Å². The van der Waals surface area contributed by atoms with Gasteiger partial charge in [0.1, 0.15) is 5.69 Å². The van der Waals surface area contributed by atoms with Crippen molar-refractivity contribution in [1.29, 1.82) is 0 Å². The molecule has 7 heteroatoms. The molecule has 2 N–H and O–H groups in total. The summed E-state index contributed by atoms with van der Waals surface area (Å²) < 4.78 is 26.0. The first kappa shape index (κ1) is 15.5. The van der Waals surface area contributed by atoms with Gasteiger partial charge in [-0.15, -0.1) is 0 Å². The molecule has 21 heavy (non-hydrogen) atoms. The molecule has 0 saturated heterocycles. The Morgan fingerprint density at radius 1 is 1.33 bits per heavy atom. The minimum Gasteiger partial charge on any atom is -0.481 e. The molecule has 1 aliphatic carbocycles. The van der Waals surface area contributed by atoms with Crippen LogP contribution in [0.3, 0.4) is 0 Å². The summed E-state index contributed by atoms with van der Waals surface area (Å²) in [6, 6.07) is 2.96. The zero-order valence-corrected chi connectivity index (χ0v) is 11.5. The SMILES string of the molecule is O=C(NC1CCC(C(=O)O)CC1)c1cccn1CC(F)F. The van der Waals surface area contributed by atoms with Gasteiger partial charge in [0, 0.05) is 12.2 Å². The van der Waals surface area contributed by atoms with E-state index in [0.29, 0.717) is 25.7 Å². The molecule has 1 saturated carbocycles. The second-order valence-corrected chi connectivity index (χ2v) is 5.30. The number of carboxylic acid groups (broad SMARTS) is 1. The molecule has 1 aliphatic rings. The second kappa shape index (κ2) is 6.69. The monoisotopic (exact) mass is 300 g/mol. The van der Waals surface area contributed by atoms with Crippen molar-refractivity contribution >= 4 is 11.9 Å². The fraction of sp³-hybridized carbons (Fsp3) is 0.571. The van der Waals surface area contributed by atoms with E-state index in [4.69, 9.17) is 5.11 Å². The maximum Gasteiger partial charge on any atom is 0.306 e. The molecule has 1 amide bonds. The lowest BCUT2D eigenvalue weighted by atomic mass is 9.86. The Labute approximate surface area is 120 Å². The summed E-state index contributed by atoms with van der Waals surface area (Å²) in [4.78, 5) is 23.0. The fourth-order valence-electron chi connectivity index (χ4n) is 2.67. The highest BCUT2D eigenvalue weighted by Gasteiger charge is 2.27. The van der Waals surface area contributed by atoms with Crippen LogP contribution in [-0.4, -0.2) is 34.0 Å². The van der Waals surface area contributed by atoms with E-state index in [1.54, 1.807) is 6.07 Å². The van der Waals surface area contributed by atoms with E-state index in [1.807, 2.05) is 0 Å². The number of aromatic nitrogens is 1. The fourth-order valence-corrected chi connectivity index (χ4v) is 2.67. The van der Waals surface area contributed by atoms with Gasteiger partial charge in [-0.25, -0.2) is 8.78 Å². The average Bonchev–Trinajstić information content (AvgIpc) is 2.86. The van der Waals surface area contributed by atoms with Crippen LogP contribution in [0, 0.1) is 5.92 Å². The third kappa shape index (κ3) is 4.03. The van der Waals surface area contributed by atoms with Crippen molar-refractivity contribution in [2.45, 2.75) is 44.7 Å². The van der Waals surface area contributed by atoms with Gasteiger partial charge < -0.3 is 15.0 Å². The summed E-state index contributed by atoms with van der Waals surface area (Å²) in [5, 5.41) is 11.7. The summed E-state index contributed by atoms with van der Waals surface area (Å²) in [6.45, 7) is -0.512. The van der Waals surface area contributed by atoms with E-state index < -0.39 is 18.9 Å². The normalized spacial score (nSPS) is 22.2. The quantitative estimate of drug-likeness (QED) is 0.875. The van der Waals surface area contributed by atoms with E-state index in [1.165, 1.54) is 16.8 Å². The molecule has 0 aromatic carbocycles. The van der Waals surface area contributed by atoms with Crippen molar-refractivity contribution in [3.8, 4) is 0 Å². The number of hydrogen-bond donors (Lipinski definition) is 2. The molecule has 1 aromatic rings. The Hall–Kier alpha value is -1.92. The molecule has 0 bridgehead atoms. The second-order valence-electron chi connectivity index (χ2n) is 5.30. The summed E-state index contributed by atoms with van der Waals surface area (Å²) in [6.07, 6.45) is 1.17. The van der Waals surface area contributed by atoms with E-state index >= 15 is 0 Å². The molecule has 0 radical (unpaired) electrons. The molecule has 5 nitrogen and oxygen atoms in total. The molecule has 0 atom stereocenters. The van der Waals surface area contributed by atoms with Crippen LogP contribution in [0.2, 0.25) is 0 Å². The van der Waals surface area contributed by atoms with Gasteiger partial charge in [-0.2, -0.15) is 0 Å². The molecule has 1 heterocycles. The Balaban J connectivity index is 1.91. The average molecular weight is 300 g/mol. The molecular formula is C14H18F2N2O3. The Kier molecular flexibility index (Phi) is 4.93. The number of aliphatic carboxylic acids is 1. The first-order chi connectivity index (χ1) is 9.97. The minimum absolute atomic E-state index is 0.0944. The zero-order valence-electron chi connectivity index (χ0n) is 11.5. The standard InChI is InChI=1S/C14H18F2N2O3/c15-12(16)8-18-7-1-2-11(18)13(19)17-10-5-3-9(4-6-10)14(20)21/h1-2,7,9-10,12H,3-6,8H2,(H,17,19)(H,20,21). The predicted octanol–water partition coefficient (Wildman–Crippen LogP) is 2.13. The maximum absolute atomic E-state index is 12.4. The van der Waals surface area contributed by atoms with E-state index in [2.05, 4.69) is 5.32 Å². The van der Waals surface area contributed by atoms with Crippen LogP contribution >= 0.6 is 0 Å². The number of carbonyl (C=O) groups excluding carboxylic acids is 1. The van der Waals surface area contributed by atoms with Crippen molar-refractivity contribution < 1.29 is 23.5 Å². The molecule has 2 rings (SSSR count). The van der Waals surface area contributed by atoms with Gasteiger partial charge in [0.05, 0.1) is 12.5 Å². The summed E-state index contributed by atoms with van der Waals surface area (Å²) in [5.41, 5.74) is 0.204. The summed E-state index contributed by atoms with van der Waals surface area (Å²) in [5.74, 6) is -1.54. The van der Waals surface area contributed by atoms with Crippen LogP contribution < -0.4 is 5.32 Å². The predicted molar refractivity (Wildman–Crippen MR) is 71.3 cm³/mol. The van der Waals surface area contributed by atoms with Crippen LogP contribution in [0.25, 0.3) is 0 Å². The van der Waals surface area contributed by atoms with Gasteiger partial charge in [0.2, 0.25) is 0 Å². The Morgan fingerprint density at radius 3 is 2.57 bits per heavy atom. The lowest BCUT2D eigenvalue weighted by molar-refractivity contribution is -0.142. The largest absolute Gasteiger partial charge is 0.481 e. The number of nitrogens with zero attached hydrogens (tertiary/aromatic N) is 1. The van der Waals surface area contributed by atoms with E-state index in [0.717, 1.165) is 0 Å². The first-order valence-electron chi connectivity index (χ1n) is 6.94. The third-order valence-electron chi connectivity index (χ3n) is 3.81. The van der Waals surface area contributed by atoms with Crippen molar-refractivity contribution in [2.75, 3.05) is 0 Å². The molecule has 116 valence electrons. The number of alkyl halides is 2. The Morgan fingerprint density at radius 2 is 2.00 bits per heavy atom. The number of hydrogen-bond acceptors (Lipinski definition) is 2. The number of halogens is 2. The molecule has 0 aliphatic heterocycles. The molecule has 1 fully saturated rings. The highest BCUT2D eigenvalue weighted by atomic mass is 19.3. The van der Waals surface area contributed by atoms with Gasteiger partial charge in [-0.05, 0) is 37.8 Å². The van der Waals surface area contributed by atoms with Crippen molar-refractivity contribution in [2.24, 2.45) is 5.92 Å². The molecule has 0 unspecified atom stereocenters. The lowest BCUT2D eigenvalue weighted by Gasteiger charge is -2.26.